The number of nitrogens with one attached hydrogen (secondary N) is 1. The Labute approximate surface area is 138 Å². The molecule has 0 spiro atoms. The van der Waals surface area contributed by atoms with E-state index in [1.807, 2.05) is 41.0 Å². The minimum atomic E-state index is -0.145. The van der Waals surface area contributed by atoms with Gasteiger partial charge in [0.15, 0.2) is 0 Å². The van der Waals surface area contributed by atoms with Crippen LogP contribution in [-0.4, -0.2) is 21.7 Å². The minimum absolute atomic E-state index is 0.145. The Morgan fingerprint density at radius 3 is 2.83 bits per heavy atom. The van der Waals surface area contributed by atoms with Gasteiger partial charge in [-0.2, -0.15) is 5.10 Å². The number of benzene rings is 2. The second kappa shape index (κ2) is 7.07. The highest BCUT2D eigenvalue weighted by Crippen LogP contribution is 2.12. The minimum Gasteiger partial charge on any atom is -0.330 e. The molecular weight excluding hydrogens is 312 g/mol. The average Bonchev–Trinajstić information content (AvgIpc) is 2.98. The summed E-state index contributed by atoms with van der Waals surface area (Å²) in [6.45, 7) is 0.558. The summed E-state index contributed by atoms with van der Waals surface area (Å²) in [5, 5.41) is 4.61. The van der Waals surface area contributed by atoms with Crippen molar-refractivity contribution in [1.82, 2.24) is 15.0 Å². The molecule has 2 aromatic carbocycles. The molecule has 0 aliphatic heterocycles. The lowest BCUT2D eigenvalue weighted by molar-refractivity contribution is -0.121. The molecule has 0 aliphatic rings. The Kier molecular flexibility index (Phi) is 4.68. The number of carbonyl (C=O) groups is 1. The van der Waals surface area contributed by atoms with Crippen molar-refractivity contribution < 1.29 is 4.79 Å². The Morgan fingerprint density at radius 2 is 2.00 bits per heavy atom. The van der Waals surface area contributed by atoms with Crippen molar-refractivity contribution in [3.63, 3.8) is 0 Å². The molecule has 0 aliphatic carbocycles. The van der Waals surface area contributed by atoms with Gasteiger partial charge in [0.2, 0.25) is 5.91 Å². The van der Waals surface area contributed by atoms with Crippen LogP contribution in [0, 0.1) is 0 Å². The number of rotatable bonds is 5. The smallest absolute Gasteiger partial charge is 0.241 e. The maximum Gasteiger partial charge on any atom is 0.241 e. The predicted octanol–water partition coefficient (Wildman–Crippen LogP) is 3.23. The number of fused-ring (bicyclic) bond motifs is 1. The van der Waals surface area contributed by atoms with Crippen LogP contribution in [0.25, 0.3) is 11.0 Å². The molecular formula is C17H15ClN4O. The van der Waals surface area contributed by atoms with E-state index in [1.54, 1.807) is 24.7 Å². The Bertz CT molecular complexity index is 839. The molecule has 0 fully saturated rings. The summed E-state index contributed by atoms with van der Waals surface area (Å²) in [4.78, 5) is 16.1. The van der Waals surface area contributed by atoms with Gasteiger partial charge >= 0.3 is 0 Å². The van der Waals surface area contributed by atoms with Gasteiger partial charge in [0.25, 0.3) is 0 Å². The number of halogens is 1. The lowest BCUT2D eigenvalue weighted by Gasteiger charge is -2.03. The molecule has 0 bridgehead atoms. The number of carbonyl (C=O) groups excluding carboxylic acids is 1. The van der Waals surface area contributed by atoms with Crippen molar-refractivity contribution in [3.05, 3.63) is 65.4 Å². The number of hydrazone groups is 1. The molecule has 23 heavy (non-hydrogen) atoms. The van der Waals surface area contributed by atoms with Crippen LogP contribution in [0.4, 0.5) is 0 Å². The SMILES string of the molecule is O=C(CCn1cnc2ccccc21)NN=Cc1ccc(Cl)cc1. The fraction of sp³-hybridized carbons (Fsp3) is 0.118. The van der Waals surface area contributed by atoms with Crippen LogP contribution in [0.5, 0.6) is 0 Å². The monoisotopic (exact) mass is 326 g/mol. The lowest BCUT2D eigenvalue weighted by Crippen LogP contribution is -2.19. The molecule has 3 aromatic rings. The van der Waals surface area contributed by atoms with Gasteiger partial charge in [-0.3, -0.25) is 4.79 Å². The number of para-hydroxylation sites is 2. The van der Waals surface area contributed by atoms with Crippen molar-refractivity contribution in [1.29, 1.82) is 0 Å². The molecule has 1 amide bonds. The molecule has 116 valence electrons. The van der Waals surface area contributed by atoms with E-state index in [2.05, 4.69) is 15.5 Å². The molecule has 1 aromatic heterocycles. The van der Waals surface area contributed by atoms with Crippen LogP contribution < -0.4 is 5.43 Å². The number of amides is 1. The van der Waals surface area contributed by atoms with Gasteiger partial charge in [0.1, 0.15) is 0 Å². The van der Waals surface area contributed by atoms with Crippen LogP contribution >= 0.6 is 11.6 Å². The van der Waals surface area contributed by atoms with Crippen LogP contribution in [0.3, 0.4) is 0 Å². The Hall–Kier alpha value is -2.66. The number of imidazole rings is 1. The fourth-order valence-corrected chi connectivity index (χ4v) is 2.32. The second-order valence-electron chi connectivity index (χ2n) is 5.02. The third-order valence-corrected chi connectivity index (χ3v) is 3.63. The number of aryl methyl sites for hydroxylation is 1. The van der Waals surface area contributed by atoms with Crippen LogP contribution in [0.15, 0.2) is 60.0 Å². The van der Waals surface area contributed by atoms with Gasteiger partial charge in [-0.05, 0) is 29.8 Å². The topological polar surface area (TPSA) is 59.3 Å². The van der Waals surface area contributed by atoms with E-state index in [9.17, 15) is 4.79 Å². The van der Waals surface area contributed by atoms with Crippen LogP contribution in [-0.2, 0) is 11.3 Å². The predicted molar refractivity (Wildman–Crippen MR) is 91.5 cm³/mol. The number of aromatic nitrogens is 2. The molecule has 0 atom stereocenters. The standard InChI is InChI=1S/C17H15ClN4O/c18-14-7-5-13(6-8-14)11-20-21-17(23)9-10-22-12-19-15-3-1-2-4-16(15)22/h1-8,11-12H,9-10H2,(H,21,23). The third-order valence-electron chi connectivity index (χ3n) is 3.38. The van der Waals surface area contributed by atoms with E-state index in [0.29, 0.717) is 18.0 Å². The van der Waals surface area contributed by atoms with Crippen molar-refractivity contribution in [3.8, 4) is 0 Å². The maximum absolute atomic E-state index is 11.8. The summed E-state index contributed by atoms with van der Waals surface area (Å²) in [6.07, 6.45) is 3.66. The normalized spacial score (nSPS) is 11.2. The Balaban J connectivity index is 1.52. The van der Waals surface area contributed by atoms with Gasteiger partial charge in [0, 0.05) is 18.0 Å². The van der Waals surface area contributed by atoms with E-state index in [0.717, 1.165) is 16.6 Å². The van der Waals surface area contributed by atoms with Crippen molar-refractivity contribution in [2.45, 2.75) is 13.0 Å². The van der Waals surface area contributed by atoms with Crippen molar-refractivity contribution >= 4 is 34.8 Å². The summed E-state index contributed by atoms with van der Waals surface area (Å²) >= 11 is 5.81. The van der Waals surface area contributed by atoms with Gasteiger partial charge in [-0.15, -0.1) is 0 Å². The highest BCUT2D eigenvalue weighted by Gasteiger charge is 2.04. The molecule has 3 rings (SSSR count). The van der Waals surface area contributed by atoms with Crippen LogP contribution in [0.1, 0.15) is 12.0 Å². The number of hydrogen-bond acceptors (Lipinski definition) is 3. The van der Waals surface area contributed by atoms with Crippen molar-refractivity contribution in [2.24, 2.45) is 5.10 Å². The summed E-state index contributed by atoms with van der Waals surface area (Å²) in [6, 6.07) is 15.0. The van der Waals surface area contributed by atoms with Gasteiger partial charge in [0.05, 0.1) is 23.6 Å². The van der Waals surface area contributed by atoms with Gasteiger partial charge < -0.3 is 4.57 Å². The first-order valence-electron chi connectivity index (χ1n) is 7.20. The fourth-order valence-electron chi connectivity index (χ4n) is 2.19. The van der Waals surface area contributed by atoms with Crippen molar-refractivity contribution in [2.75, 3.05) is 0 Å². The first kappa shape index (κ1) is 15.2. The van der Waals surface area contributed by atoms with E-state index < -0.39 is 0 Å². The highest BCUT2D eigenvalue weighted by molar-refractivity contribution is 6.30. The molecule has 0 saturated heterocycles. The maximum atomic E-state index is 11.8. The zero-order chi connectivity index (χ0) is 16.1. The van der Waals surface area contributed by atoms with E-state index in [-0.39, 0.29) is 5.91 Å². The van der Waals surface area contributed by atoms with Gasteiger partial charge in [-0.25, -0.2) is 10.4 Å². The average molecular weight is 327 g/mol. The lowest BCUT2D eigenvalue weighted by atomic mass is 10.2. The summed E-state index contributed by atoms with van der Waals surface area (Å²) in [5.41, 5.74) is 5.33. The number of hydrogen-bond donors (Lipinski definition) is 1. The largest absolute Gasteiger partial charge is 0.330 e. The molecule has 0 unspecified atom stereocenters. The first-order chi connectivity index (χ1) is 11.2. The van der Waals surface area contributed by atoms with Gasteiger partial charge in [-0.1, -0.05) is 35.9 Å². The zero-order valence-electron chi connectivity index (χ0n) is 12.3. The third kappa shape index (κ3) is 3.96. The summed E-state index contributed by atoms with van der Waals surface area (Å²) in [7, 11) is 0. The first-order valence-corrected chi connectivity index (χ1v) is 7.57. The highest BCUT2D eigenvalue weighted by atomic mass is 35.5. The molecule has 0 radical (unpaired) electrons. The molecule has 1 N–H and O–H groups in total. The molecule has 1 heterocycles. The van der Waals surface area contributed by atoms with E-state index in [1.165, 1.54) is 0 Å². The molecule has 0 saturated carbocycles. The van der Waals surface area contributed by atoms with Crippen LogP contribution in [0.2, 0.25) is 5.02 Å². The Morgan fingerprint density at radius 1 is 1.22 bits per heavy atom. The zero-order valence-corrected chi connectivity index (χ0v) is 13.1. The quantitative estimate of drug-likeness (QED) is 0.578. The van der Waals surface area contributed by atoms with E-state index >= 15 is 0 Å². The second-order valence-corrected chi connectivity index (χ2v) is 5.46. The van der Waals surface area contributed by atoms with E-state index in [4.69, 9.17) is 11.6 Å². The molecule has 6 heteroatoms. The summed E-state index contributed by atoms with van der Waals surface area (Å²) in [5.74, 6) is -0.145. The molecule has 5 nitrogen and oxygen atoms in total. The summed E-state index contributed by atoms with van der Waals surface area (Å²) < 4.78 is 1.96. The number of nitrogens with zero attached hydrogens (tertiary/aromatic N) is 3.